The molecule has 0 unspecified atom stereocenters. The van der Waals surface area contributed by atoms with Crippen molar-refractivity contribution >= 4 is 17.1 Å². The summed E-state index contributed by atoms with van der Waals surface area (Å²) in [5, 5.41) is 9.88. The highest BCUT2D eigenvalue weighted by Gasteiger charge is 2.39. The van der Waals surface area contributed by atoms with E-state index in [1.807, 2.05) is 34.9 Å². The van der Waals surface area contributed by atoms with Crippen molar-refractivity contribution in [2.24, 2.45) is 11.8 Å². The number of nitrogens with one attached hydrogen (secondary N) is 1. The molecule has 3 aromatic rings. The van der Waals surface area contributed by atoms with E-state index in [4.69, 9.17) is 10.5 Å². The molecule has 1 aliphatic carbocycles. The zero-order chi connectivity index (χ0) is 19.7. The number of aromatic amines is 1. The highest BCUT2D eigenvalue weighted by atomic mass is 16.5. The van der Waals surface area contributed by atoms with Crippen molar-refractivity contribution in [2.45, 2.75) is 19.1 Å². The molecule has 1 fully saturated rings. The number of benzene rings is 1. The second kappa shape index (κ2) is 7.57. The maximum Gasteiger partial charge on any atom is 0.280 e. The maximum absolute atomic E-state index is 12.0. The molecule has 1 aromatic carbocycles. The highest BCUT2D eigenvalue weighted by Crippen LogP contribution is 2.44. The predicted octanol–water partition coefficient (Wildman–Crippen LogP) is 1.64. The molecule has 4 N–H and O–H groups in total. The Hall–Kier alpha value is -2.97. The van der Waals surface area contributed by atoms with Crippen molar-refractivity contribution < 1.29 is 9.84 Å². The molecule has 146 valence electrons. The molecule has 0 saturated heterocycles. The Balaban J connectivity index is 1.54. The van der Waals surface area contributed by atoms with Crippen LogP contribution in [0.2, 0.25) is 0 Å². The topological polar surface area (TPSA) is 119 Å². The van der Waals surface area contributed by atoms with E-state index in [-0.39, 0.29) is 41.5 Å². The van der Waals surface area contributed by atoms with Gasteiger partial charge in [0.2, 0.25) is 5.95 Å². The number of ether oxygens (including phenoxy) is 1. The molecule has 28 heavy (non-hydrogen) atoms. The summed E-state index contributed by atoms with van der Waals surface area (Å²) in [6.07, 6.45) is 2.26. The van der Waals surface area contributed by atoms with Gasteiger partial charge >= 0.3 is 0 Å². The minimum Gasteiger partial charge on any atom is -0.396 e. The molecule has 0 spiro atoms. The number of aliphatic hydroxyl groups excluding tert-OH is 1. The SMILES string of the molecule is C=C1[C@H](COCc2ccccc2)[C@@H](CO)C[C@@H]1n1cnc2c(=O)[nH]c(N)nc21. The summed E-state index contributed by atoms with van der Waals surface area (Å²) >= 11 is 0. The van der Waals surface area contributed by atoms with Crippen LogP contribution in [0, 0.1) is 11.8 Å². The summed E-state index contributed by atoms with van der Waals surface area (Å²) in [6.45, 7) is 5.28. The minimum atomic E-state index is -0.369. The molecule has 1 saturated carbocycles. The van der Waals surface area contributed by atoms with E-state index in [2.05, 4.69) is 21.5 Å². The maximum atomic E-state index is 12.0. The summed E-state index contributed by atoms with van der Waals surface area (Å²) in [6, 6.07) is 9.83. The Bertz CT molecular complexity index is 1040. The fourth-order valence-electron chi connectivity index (χ4n) is 3.94. The molecule has 8 nitrogen and oxygen atoms in total. The van der Waals surface area contributed by atoms with Crippen LogP contribution in [0.1, 0.15) is 18.0 Å². The smallest absolute Gasteiger partial charge is 0.280 e. The average molecular weight is 381 g/mol. The summed E-state index contributed by atoms with van der Waals surface area (Å²) in [4.78, 5) is 22.9. The lowest BCUT2D eigenvalue weighted by Crippen LogP contribution is -2.19. The third-order valence-electron chi connectivity index (χ3n) is 5.43. The number of imidazole rings is 1. The van der Waals surface area contributed by atoms with Crippen molar-refractivity contribution in [1.29, 1.82) is 0 Å². The Labute approximate surface area is 161 Å². The lowest BCUT2D eigenvalue weighted by Gasteiger charge is -2.19. The van der Waals surface area contributed by atoms with Gasteiger partial charge in [0.15, 0.2) is 11.2 Å². The number of aromatic nitrogens is 4. The zero-order valence-electron chi connectivity index (χ0n) is 15.4. The van der Waals surface area contributed by atoms with Crippen molar-refractivity contribution in [3.05, 3.63) is 64.7 Å². The van der Waals surface area contributed by atoms with Crippen LogP contribution in [0.3, 0.4) is 0 Å². The van der Waals surface area contributed by atoms with Crippen molar-refractivity contribution in [3.63, 3.8) is 0 Å². The average Bonchev–Trinajstić information content (AvgIpc) is 3.24. The van der Waals surface area contributed by atoms with Gasteiger partial charge in [0, 0.05) is 12.5 Å². The van der Waals surface area contributed by atoms with Crippen LogP contribution in [0.4, 0.5) is 5.95 Å². The molecule has 2 aromatic heterocycles. The minimum absolute atomic E-state index is 0.00973. The lowest BCUT2D eigenvalue weighted by molar-refractivity contribution is 0.0715. The van der Waals surface area contributed by atoms with Crippen molar-refractivity contribution in [3.8, 4) is 0 Å². The molecular formula is C20H23N5O3. The molecule has 0 aliphatic heterocycles. The van der Waals surface area contributed by atoms with E-state index in [0.29, 0.717) is 25.3 Å². The van der Waals surface area contributed by atoms with Gasteiger partial charge in [0.1, 0.15) is 0 Å². The number of H-pyrrole nitrogens is 1. The van der Waals surface area contributed by atoms with E-state index < -0.39 is 0 Å². The Morgan fingerprint density at radius 1 is 1.36 bits per heavy atom. The molecule has 3 atom stereocenters. The monoisotopic (exact) mass is 381 g/mol. The number of nitrogen functional groups attached to an aromatic ring is 1. The van der Waals surface area contributed by atoms with Crippen molar-refractivity contribution in [1.82, 2.24) is 19.5 Å². The van der Waals surface area contributed by atoms with Gasteiger partial charge in [0.25, 0.3) is 5.56 Å². The summed E-state index contributed by atoms with van der Waals surface area (Å²) in [5.74, 6) is 0.0740. The first-order chi connectivity index (χ1) is 13.6. The third kappa shape index (κ3) is 3.32. The summed E-state index contributed by atoms with van der Waals surface area (Å²) < 4.78 is 7.73. The van der Waals surface area contributed by atoms with Gasteiger partial charge in [-0.15, -0.1) is 0 Å². The van der Waals surface area contributed by atoms with Gasteiger partial charge in [0.05, 0.1) is 25.6 Å². The molecule has 8 heteroatoms. The second-order valence-corrected chi connectivity index (χ2v) is 7.15. The predicted molar refractivity (Wildman–Crippen MR) is 106 cm³/mol. The van der Waals surface area contributed by atoms with Gasteiger partial charge in [-0.2, -0.15) is 4.98 Å². The van der Waals surface area contributed by atoms with Crippen LogP contribution in [0.5, 0.6) is 0 Å². The Kier molecular flexibility index (Phi) is 4.97. The van der Waals surface area contributed by atoms with Crippen molar-refractivity contribution in [2.75, 3.05) is 18.9 Å². The fourth-order valence-corrected chi connectivity index (χ4v) is 3.94. The third-order valence-corrected chi connectivity index (χ3v) is 5.43. The van der Waals surface area contributed by atoms with Crippen LogP contribution in [0.25, 0.3) is 11.2 Å². The quantitative estimate of drug-likeness (QED) is 0.559. The van der Waals surface area contributed by atoms with Crippen LogP contribution in [0.15, 0.2) is 53.6 Å². The van der Waals surface area contributed by atoms with Gasteiger partial charge in [-0.05, 0) is 23.5 Å². The summed E-state index contributed by atoms with van der Waals surface area (Å²) in [5.41, 5.74) is 8.03. The highest BCUT2D eigenvalue weighted by molar-refractivity contribution is 5.70. The van der Waals surface area contributed by atoms with E-state index in [1.165, 1.54) is 0 Å². The van der Waals surface area contributed by atoms with Crippen LogP contribution >= 0.6 is 0 Å². The van der Waals surface area contributed by atoms with E-state index in [1.54, 1.807) is 6.33 Å². The van der Waals surface area contributed by atoms with Crippen LogP contribution < -0.4 is 11.3 Å². The largest absolute Gasteiger partial charge is 0.396 e. The van der Waals surface area contributed by atoms with E-state index in [9.17, 15) is 9.90 Å². The molecule has 4 rings (SSSR count). The van der Waals surface area contributed by atoms with Gasteiger partial charge in [-0.1, -0.05) is 36.9 Å². The number of hydrogen-bond acceptors (Lipinski definition) is 6. The molecule has 0 bridgehead atoms. The van der Waals surface area contributed by atoms with Gasteiger partial charge < -0.3 is 20.1 Å². The Morgan fingerprint density at radius 2 is 2.14 bits per heavy atom. The van der Waals surface area contributed by atoms with Gasteiger partial charge in [-0.25, -0.2) is 4.98 Å². The molecule has 0 radical (unpaired) electrons. The number of nitrogens with two attached hydrogens (primary N) is 1. The number of aliphatic hydroxyl groups is 1. The normalized spacial score (nSPS) is 22.2. The lowest BCUT2D eigenvalue weighted by atomic mass is 9.95. The summed E-state index contributed by atoms with van der Waals surface area (Å²) in [7, 11) is 0. The van der Waals surface area contributed by atoms with Crippen LogP contribution in [-0.4, -0.2) is 37.8 Å². The first-order valence-corrected chi connectivity index (χ1v) is 9.22. The second-order valence-electron chi connectivity index (χ2n) is 7.15. The number of rotatable bonds is 6. The zero-order valence-corrected chi connectivity index (χ0v) is 15.4. The molecule has 1 aliphatic rings. The first kappa shape index (κ1) is 18.4. The number of nitrogens with zero attached hydrogens (tertiary/aromatic N) is 3. The number of fused-ring (bicyclic) bond motifs is 1. The van der Waals surface area contributed by atoms with Crippen LogP contribution in [-0.2, 0) is 11.3 Å². The Morgan fingerprint density at radius 3 is 2.89 bits per heavy atom. The van der Waals surface area contributed by atoms with Gasteiger partial charge in [-0.3, -0.25) is 9.78 Å². The standard InChI is InChI=1S/C20H23N5O3/c1-12-15(10-28-9-13-5-3-2-4-6-13)14(8-26)7-16(12)25-11-22-17-18(25)23-20(21)24-19(17)27/h2-6,11,14-16,26H,1,7-10H2,(H3,21,23,24,27)/t14-,15+,16+/m1/s1. The molecule has 0 amide bonds. The molecule has 2 heterocycles. The first-order valence-electron chi connectivity index (χ1n) is 9.22. The van der Waals surface area contributed by atoms with E-state index in [0.717, 1.165) is 11.1 Å². The van der Waals surface area contributed by atoms with E-state index >= 15 is 0 Å². The molecular weight excluding hydrogens is 358 g/mol. The fraction of sp³-hybridized carbons (Fsp3) is 0.350. The number of anilines is 1. The number of hydrogen-bond donors (Lipinski definition) is 3.